The van der Waals surface area contributed by atoms with E-state index in [0.29, 0.717) is 46.7 Å². The first kappa shape index (κ1) is 18.1. The summed E-state index contributed by atoms with van der Waals surface area (Å²) in [6.07, 6.45) is 1.63. The quantitative estimate of drug-likeness (QED) is 0.429. The predicted octanol–water partition coefficient (Wildman–Crippen LogP) is 4.01. The number of H-pyrrole nitrogens is 1. The van der Waals surface area contributed by atoms with Crippen molar-refractivity contribution in [3.8, 4) is 17.0 Å². The Labute approximate surface area is 192 Å². The van der Waals surface area contributed by atoms with E-state index < -0.39 is 20.0 Å². The van der Waals surface area contributed by atoms with Gasteiger partial charge < -0.3 is 19.8 Å². The van der Waals surface area contributed by atoms with Crippen molar-refractivity contribution < 1.29 is 22.4 Å². The number of nitrogens with zero attached hydrogens (tertiary/aromatic N) is 5. The number of aromatic nitrogens is 6. The zero-order valence-electron chi connectivity index (χ0n) is 20.9. The minimum Gasteiger partial charge on any atom is -0.480 e. The molecule has 3 aromatic heterocycles. The molecule has 1 aliphatic rings. The van der Waals surface area contributed by atoms with Gasteiger partial charge in [0.05, 0.1) is 28.2 Å². The number of halogens is 2. The van der Waals surface area contributed by atoms with E-state index in [9.17, 15) is 8.78 Å². The van der Waals surface area contributed by atoms with Gasteiger partial charge in [-0.25, -0.2) is 13.5 Å². The average Bonchev–Trinajstić information content (AvgIpc) is 3.42. The summed E-state index contributed by atoms with van der Waals surface area (Å²) in [6, 6.07) is 5.39. The van der Waals surface area contributed by atoms with Gasteiger partial charge in [-0.05, 0) is 43.4 Å². The number of alkyl halides is 2. The Morgan fingerprint density at radius 1 is 1.27 bits per heavy atom. The summed E-state index contributed by atoms with van der Waals surface area (Å²) >= 11 is 0. The second-order valence-corrected chi connectivity index (χ2v) is 8.08. The lowest BCUT2D eigenvalue weighted by molar-refractivity contribution is 0.0681. The highest BCUT2D eigenvalue weighted by Crippen LogP contribution is 2.35. The molecule has 0 amide bonds. The molecular weight excluding hydrogens is 432 g/mol. The van der Waals surface area contributed by atoms with Gasteiger partial charge in [0.15, 0.2) is 0 Å². The lowest BCUT2D eigenvalue weighted by Crippen LogP contribution is -2.29. The molecule has 2 N–H and O–H groups in total. The van der Waals surface area contributed by atoms with Crippen molar-refractivity contribution in [2.45, 2.75) is 50.8 Å². The molecule has 0 radical (unpaired) electrons. The van der Waals surface area contributed by atoms with Gasteiger partial charge in [-0.3, -0.25) is 0 Å². The summed E-state index contributed by atoms with van der Waals surface area (Å²) in [5.41, 5.74) is 3.08. The monoisotopic (exact) mass is 460 g/mol. The molecule has 33 heavy (non-hydrogen) atoms. The number of hydrogen-bond donors (Lipinski definition) is 2. The Morgan fingerprint density at radius 2 is 2.12 bits per heavy atom. The predicted molar refractivity (Wildman–Crippen MR) is 120 cm³/mol. The van der Waals surface area contributed by atoms with Crippen LogP contribution < -0.4 is 10.1 Å². The van der Waals surface area contributed by atoms with Crippen LogP contribution in [0.1, 0.15) is 29.8 Å². The highest BCUT2D eigenvalue weighted by atomic mass is 19.3. The van der Waals surface area contributed by atoms with Gasteiger partial charge >= 0.3 is 0 Å². The first-order chi connectivity index (χ1) is 17.2. The average molecular weight is 461 g/mol. The SMILES string of the molecule is [2H]C([2H])([2H])OC1CCC(Nc2nc(OC)c3c(-c4ccc5nnn(CC(F)F)c5c4)c[nH]c3n2)CC1. The Bertz CT molecular complexity index is 1370. The van der Waals surface area contributed by atoms with Crippen LogP contribution in [0.15, 0.2) is 24.4 Å². The van der Waals surface area contributed by atoms with Crippen molar-refractivity contribution in [3.63, 3.8) is 0 Å². The van der Waals surface area contributed by atoms with Crippen LogP contribution in [-0.4, -0.2) is 62.7 Å². The lowest BCUT2D eigenvalue weighted by Gasteiger charge is -2.28. The van der Waals surface area contributed by atoms with E-state index in [1.807, 2.05) is 6.07 Å². The lowest BCUT2D eigenvalue weighted by atomic mass is 9.93. The molecule has 0 spiro atoms. The minimum atomic E-state index is -2.55. The van der Waals surface area contributed by atoms with Crippen molar-refractivity contribution in [1.82, 2.24) is 29.9 Å². The minimum absolute atomic E-state index is 0.0723. The third kappa shape index (κ3) is 4.20. The van der Waals surface area contributed by atoms with E-state index in [2.05, 4.69) is 30.6 Å². The Balaban J connectivity index is 1.39. The molecular formula is C22H25F2N7O2. The summed E-state index contributed by atoms with van der Waals surface area (Å²) in [5.74, 6) is 0.750. The fourth-order valence-corrected chi connectivity index (χ4v) is 4.35. The van der Waals surface area contributed by atoms with Crippen LogP contribution in [0.2, 0.25) is 0 Å². The van der Waals surface area contributed by atoms with Gasteiger partial charge in [0, 0.05) is 24.8 Å². The molecule has 0 bridgehead atoms. The van der Waals surface area contributed by atoms with E-state index in [1.165, 1.54) is 11.8 Å². The summed E-state index contributed by atoms with van der Waals surface area (Å²) < 4.78 is 59.6. The third-order valence-electron chi connectivity index (χ3n) is 6.00. The largest absolute Gasteiger partial charge is 0.480 e. The van der Waals surface area contributed by atoms with Crippen LogP contribution in [0.4, 0.5) is 14.7 Å². The van der Waals surface area contributed by atoms with Crippen LogP contribution in [-0.2, 0) is 11.3 Å². The van der Waals surface area contributed by atoms with Crippen LogP contribution in [0.5, 0.6) is 5.88 Å². The smallest absolute Gasteiger partial charge is 0.258 e. The zero-order chi connectivity index (χ0) is 25.4. The van der Waals surface area contributed by atoms with Gasteiger partial charge in [0.1, 0.15) is 17.7 Å². The molecule has 0 unspecified atom stereocenters. The first-order valence-electron chi connectivity index (χ1n) is 12.2. The Kier molecular flexibility index (Phi) is 4.88. The van der Waals surface area contributed by atoms with E-state index in [1.54, 1.807) is 18.3 Å². The molecule has 0 atom stereocenters. The number of ether oxygens (including phenoxy) is 2. The number of methoxy groups -OCH3 is 2. The van der Waals surface area contributed by atoms with Crippen molar-refractivity contribution >= 4 is 28.0 Å². The van der Waals surface area contributed by atoms with Crippen molar-refractivity contribution in [1.29, 1.82) is 0 Å². The van der Waals surface area contributed by atoms with Crippen LogP contribution in [0, 0.1) is 0 Å². The first-order valence-corrected chi connectivity index (χ1v) is 10.7. The molecule has 1 aromatic carbocycles. The van der Waals surface area contributed by atoms with Crippen LogP contribution in [0.25, 0.3) is 33.2 Å². The number of hydrogen-bond acceptors (Lipinski definition) is 7. The van der Waals surface area contributed by atoms with Gasteiger partial charge in [-0.15, -0.1) is 5.10 Å². The number of rotatable bonds is 7. The molecule has 1 fully saturated rings. The summed E-state index contributed by atoms with van der Waals surface area (Å²) in [6.45, 7) is -0.542. The van der Waals surface area contributed by atoms with E-state index in [0.717, 1.165) is 24.0 Å². The summed E-state index contributed by atoms with van der Waals surface area (Å²) in [4.78, 5) is 12.3. The molecule has 9 nitrogen and oxygen atoms in total. The number of fused-ring (bicyclic) bond motifs is 2. The summed E-state index contributed by atoms with van der Waals surface area (Å²) in [7, 11) is -0.869. The van der Waals surface area contributed by atoms with E-state index in [4.69, 9.17) is 13.6 Å². The standard InChI is InChI=1S/C22H25F2N7O2/c1-32-14-6-4-13(5-7-14)26-22-27-20-19(21(28-22)33-2)15(10-25-20)12-3-8-16-17(9-12)31(30-29-16)11-18(23)24/h3,8-10,13-14,18H,4-7,11H2,1-2H3,(H2,25,26,27,28)/i1D3. The summed E-state index contributed by atoms with van der Waals surface area (Å²) in [5, 5.41) is 11.8. The maximum atomic E-state index is 12.9. The van der Waals surface area contributed by atoms with E-state index in [-0.39, 0.29) is 12.1 Å². The second kappa shape index (κ2) is 8.89. The molecule has 0 aliphatic heterocycles. The Morgan fingerprint density at radius 3 is 2.88 bits per heavy atom. The third-order valence-corrected chi connectivity index (χ3v) is 6.00. The van der Waals surface area contributed by atoms with Gasteiger partial charge in [-0.2, -0.15) is 9.97 Å². The fraction of sp³-hybridized carbons (Fsp3) is 0.455. The van der Waals surface area contributed by atoms with Gasteiger partial charge in [0.2, 0.25) is 11.8 Å². The molecule has 1 aliphatic carbocycles. The number of nitrogens with one attached hydrogen (secondary N) is 2. The highest BCUT2D eigenvalue weighted by Gasteiger charge is 2.23. The van der Waals surface area contributed by atoms with Gasteiger partial charge in [-0.1, -0.05) is 11.3 Å². The molecule has 4 aromatic rings. The van der Waals surface area contributed by atoms with Gasteiger partial charge in [0.25, 0.3) is 6.43 Å². The second-order valence-electron chi connectivity index (χ2n) is 8.08. The van der Waals surface area contributed by atoms with Crippen molar-refractivity contribution in [2.75, 3.05) is 19.5 Å². The maximum Gasteiger partial charge on any atom is 0.258 e. The highest BCUT2D eigenvalue weighted by molar-refractivity contribution is 5.99. The van der Waals surface area contributed by atoms with Crippen molar-refractivity contribution in [3.05, 3.63) is 24.4 Å². The Hall–Kier alpha value is -3.34. The van der Waals surface area contributed by atoms with Crippen LogP contribution in [0.3, 0.4) is 0 Å². The number of aromatic amines is 1. The van der Waals surface area contributed by atoms with Crippen LogP contribution >= 0.6 is 0 Å². The topological polar surface area (TPSA) is 103 Å². The molecule has 5 rings (SSSR count). The molecule has 0 saturated heterocycles. The maximum absolute atomic E-state index is 12.9. The molecule has 174 valence electrons. The zero-order valence-corrected chi connectivity index (χ0v) is 17.9. The normalized spacial score (nSPS) is 20.7. The molecule has 1 saturated carbocycles. The molecule has 3 heterocycles. The molecule has 11 heteroatoms. The number of benzene rings is 1. The number of anilines is 1. The fourth-order valence-electron chi connectivity index (χ4n) is 4.35. The van der Waals surface area contributed by atoms with E-state index >= 15 is 0 Å². The van der Waals surface area contributed by atoms with Crippen molar-refractivity contribution in [2.24, 2.45) is 0 Å².